The Morgan fingerprint density at radius 3 is 2.47 bits per heavy atom. The van der Waals surface area contributed by atoms with Crippen molar-refractivity contribution in [2.75, 3.05) is 6.61 Å². The first-order chi connectivity index (χ1) is 8.71. The maximum atomic E-state index is 12.9. The molecule has 3 unspecified atom stereocenters. The number of hydrogen-bond acceptors (Lipinski definition) is 4. The zero-order valence-corrected chi connectivity index (χ0v) is 11.0. The van der Waals surface area contributed by atoms with Gasteiger partial charge in [0.05, 0.1) is 18.9 Å². The summed E-state index contributed by atoms with van der Waals surface area (Å²) < 4.78 is 59.5. The SMILES string of the molecule is O=C(OCCC(F)(F)S(=O)(=O)O)C1CC2CCC1C2. The summed E-state index contributed by atoms with van der Waals surface area (Å²) >= 11 is 0. The van der Waals surface area contributed by atoms with Gasteiger partial charge in [-0.15, -0.1) is 0 Å². The summed E-state index contributed by atoms with van der Waals surface area (Å²) in [6.45, 7) is -0.709. The van der Waals surface area contributed by atoms with Gasteiger partial charge in [-0.25, -0.2) is 0 Å². The van der Waals surface area contributed by atoms with Crippen LogP contribution in [0.3, 0.4) is 0 Å². The Balaban J connectivity index is 1.79. The predicted octanol–water partition coefficient (Wildman–Crippen LogP) is 1.84. The molecule has 2 aliphatic rings. The van der Waals surface area contributed by atoms with E-state index in [4.69, 9.17) is 9.29 Å². The Bertz CT molecular complexity index is 462. The number of carbonyl (C=O) groups excluding carboxylic acids is 1. The summed E-state index contributed by atoms with van der Waals surface area (Å²) in [7, 11) is -5.45. The van der Waals surface area contributed by atoms with E-state index < -0.39 is 34.4 Å². The molecule has 0 amide bonds. The van der Waals surface area contributed by atoms with E-state index in [2.05, 4.69) is 0 Å². The predicted molar refractivity (Wildman–Crippen MR) is 61.0 cm³/mol. The monoisotopic (exact) mass is 298 g/mol. The third-order valence-corrected chi connectivity index (χ3v) is 5.01. The van der Waals surface area contributed by atoms with E-state index in [1.165, 1.54) is 0 Å². The minimum Gasteiger partial charge on any atom is -0.465 e. The van der Waals surface area contributed by atoms with Crippen LogP contribution in [-0.4, -0.2) is 30.8 Å². The molecule has 2 saturated carbocycles. The van der Waals surface area contributed by atoms with Crippen molar-refractivity contribution in [2.24, 2.45) is 17.8 Å². The summed E-state index contributed by atoms with van der Waals surface area (Å²) in [5.41, 5.74) is 0. The van der Waals surface area contributed by atoms with Crippen molar-refractivity contribution in [1.29, 1.82) is 0 Å². The van der Waals surface area contributed by atoms with Gasteiger partial charge in [0.2, 0.25) is 0 Å². The van der Waals surface area contributed by atoms with Gasteiger partial charge in [-0.3, -0.25) is 9.35 Å². The highest BCUT2D eigenvalue weighted by Gasteiger charge is 2.46. The van der Waals surface area contributed by atoms with Gasteiger partial charge in [-0.2, -0.15) is 17.2 Å². The second-order valence-corrected chi connectivity index (χ2v) is 6.86. The van der Waals surface area contributed by atoms with Crippen LogP contribution in [0.15, 0.2) is 0 Å². The molecule has 2 aliphatic carbocycles. The molecule has 19 heavy (non-hydrogen) atoms. The molecular formula is C11H16F2O5S. The van der Waals surface area contributed by atoms with Crippen LogP contribution in [0, 0.1) is 17.8 Å². The van der Waals surface area contributed by atoms with Crippen molar-refractivity contribution in [3.05, 3.63) is 0 Å². The van der Waals surface area contributed by atoms with Crippen LogP contribution >= 0.6 is 0 Å². The highest BCUT2D eigenvalue weighted by atomic mass is 32.2. The maximum Gasteiger partial charge on any atom is 0.373 e. The first-order valence-corrected chi connectivity index (χ1v) is 7.66. The van der Waals surface area contributed by atoms with Crippen LogP contribution in [0.5, 0.6) is 0 Å². The lowest BCUT2D eigenvalue weighted by molar-refractivity contribution is -0.151. The average molecular weight is 298 g/mol. The quantitative estimate of drug-likeness (QED) is 0.618. The Labute approximate surface area is 110 Å². The van der Waals surface area contributed by atoms with E-state index in [9.17, 15) is 22.0 Å². The van der Waals surface area contributed by atoms with Crippen LogP contribution in [-0.2, 0) is 19.6 Å². The van der Waals surface area contributed by atoms with Gasteiger partial charge in [-0.05, 0) is 31.1 Å². The van der Waals surface area contributed by atoms with Gasteiger partial charge in [0.25, 0.3) is 0 Å². The third kappa shape index (κ3) is 3.05. The molecule has 0 aliphatic heterocycles. The lowest BCUT2D eigenvalue weighted by atomic mass is 9.89. The number of rotatable bonds is 5. The first-order valence-electron chi connectivity index (χ1n) is 6.22. The smallest absolute Gasteiger partial charge is 0.373 e. The largest absolute Gasteiger partial charge is 0.465 e. The van der Waals surface area contributed by atoms with Crippen LogP contribution in [0.1, 0.15) is 32.1 Å². The highest BCUT2D eigenvalue weighted by Crippen LogP contribution is 2.48. The van der Waals surface area contributed by atoms with E-state index in [1.54, 1.807) is 0 Å². The molecular weight excluding hydrogens is 282 g/mol. The summed E-state index contributed by atoms with van der Waals surface area (Å²) in [5, 5.41) is -4.28. The van der Waals surface area contributed by atoms with Gasteiger partial charge in [0.1, 0.15) is 0 Å². The molecule has 0 aromatic heterocycles. The van der Waals surface area contributed by atoms with Crippen molar-refractivity contribution in [1.82, 2.24) is 0 Å². The molecule has 8 heteroatoms. The van der Waals surface area contributed by atoms with Gasteiger partial charge < -0.3 is 4.74 Å². The van der Waals surface area contributed by atoms with Crippen LogP contribution in [0.2, 0.25) is 0 Å². The lowest BCUT2D eigenvalue weighted by Crippen LogP contribution is -2.31. The summed E-state index contributed by atoms with van der Waals surface area (Å²) in [6, 6.07) is 0. The molecule has 0 aromatic rings. The number of ether oxygens (including phenoxy) is 1. The maximum absolute atomic E-state index is 12.9. The van der Waals surface area contributed by atoms with Crippen molar-refractivity contribution in [2.45, 2.75) is 37.4 Å². The molecule has 110 valence electrons. The molecule has 0 heterocycles. The van der Waals surface area contributed by atoms with E-state index >= 15 is 0 Å². The molecule has 0 spiro atoms. The van der Waals surface area contributed by atoms with Crippen molar-refractivity contribution in [3.8, 4) is 0 Å². The van der Waals surface area contributed by atoms with E-state index in [0.717, 1.165) is 25.7 Å². The fourth-order valence-corrected chi connectivity index (χ4v) is 3.38. The minimum atomic E-state index is -5.45. The van der Waals surface area contributed by atoms with Gasteiger partial charge in [0, 0.05) is 0 Å². The van der Waals surface area contributed by atoms with E-state index in [-0.39, 0.29) is 11.8 Å². The normalized spacial score (nSPS) is 30.6. The number of hydrogen-bond donors (Lipinski definition) is 1. The molecule has 0 saturated heterocycles. The Morgan fingerprint density at radius 1 is 1.32 bits per heavy atom. The Morgan fingerprint density at radius 2 is 2.00 bits per heavy atom. The van der Waals surface area contributed by atoms with E-state index in [0.29, 0.717) is 5.92 Å². The summed E-state index contributed by atoms with van der Waals surface area (Å²) in [6.07, 6.45) is 2.57. The fourth-order valence-electron chi connectivity index (χ4n) is 3.04. The average Bonchev–Trinajstić information content (AvgIpc) is 2.88. The number of halogens is 2. The first kappa shape index (κ1) is 14.6. The fraction of sp³-hybridized carbons (Fsp3) is 0.909. The molecule has 5 nitrogen and oxygen atoms in total. The van der Waals surface area contributed by atoms with Gasteiger partial charge in [0.15, 0.2) is 0 Å². The zero-order chi connectivity index (χ0) is 14.3. The molecule has 2 rings (SSSR count). The zero-order valence-electron chi connectivity index (χ0n) is 10.2. The third-order valence-electron chi connectivity index (χ3n) is 4.06. The van der Waals surface area contributed by atoms with Crippen molar-refractivity contribution < 1.29 is 31.3 Å². The molecule has 1 N–H and O–H groups in total. The van der Waals surface area contributed by atoms with Gasteiger partial charge >= 0.3 is 21.3 Å². The van der Waals surface area contributed by atoms with E-state index in [1.807, 2.05) is 0 Å². The number of fused-ring (bicyclic) bond motifs is 2. The standard InChI is InChI=1S/C11H16F2O5S/c12-11(13,19(15,16)17)3-4-18-10(14)9-6-7-1-2-8(9)5-7/h7-9H,1-6H2,(H,15,16,17). The lowest BCUT2D eigenvalue weighted by Gasteiger charge is -2.20. The minimum absolute atomic E-state index is 0.238. The molecule has 2 fully saturated rings. The Hall–Kier alpha value is -0.760. The number of carbonyl (C=O) groups is 1. The number of esters is 1. The summed E-state index contributed by atoms with van der Waals surface area (Å²) in [4.78, 5) is 11.7. The van der Waals surface area contributed by atoms with Crippen LogP contribution in [0.25, 0.3) is 0 Å². The molecule has 3 atom stereocenters. The highest BCUT2D eigenvalue weighted by molar-refractivity contribution is 7.86. The van der Waals surface area contributed by atoms with Crippen molar-refractivity contribution in [3.63, 3.8) is 0 Å². The second kappa shape index (κ2) is 4.97. The van der Waals surface area contributed by atoms with Crippen molar-refractivity contribution >= 4 is 16.1 Å². The second-order valence-electron chi connectivity index (χ2n) is 5.31. The van der Waals surface area contributed by atoms with Gasteiger partial charge in [-0.1, -0.05) is 6.42 Å². The summed E-state index contributed by atoms with van der Waals surface area (Å²) in [5.74, 6) is 0.0397. The molecule has 2 bridgehead atoms. The van der Waals surface area contributed by atoms with Crippen LogP contribution in [0.4, 0.5) is 8.78 Å². The van der Waals surface area contributed by atoms with Crippen LogP contribution < -0.4 is 0 Å². The number of alkyl halides is 2. The Kier molecular flexibility index (Phi) is 3.83. The molecule has 0 aromatic carbocycles. The topological polar surface area (TPSA) is 80.7 Å². The molecule has 0 radical (unpaired) electrons.